The van der Waals surface area contributed by atoms with E-state index in [1.54, 1.807) is 45.0 Å². The van der Waals surface area contributed by atoms with Crippen molar-refractivity contribution in [3.8, 4) is 0 Å². The zero-order valence-corrected chi connectivity index (χ0v) is 23.5. The normalized spacial score (nSPS) is 11.1. The molecule has 0 atom stereocenters. The lowest BCUT2D eigenvalue weighted by Gasteiger charge is -2.26. The topological polar surface area (TPSA) is 135 Å². The lowest BCUT2D eigenvalue weighted by atomic mass is 10.1. The van der Waals surface area contributed by atoms with Gasteiger partial charge in [0.1, 0.15) is 12.2 Å². The molecule has 2 rings (SSSR count). The van der Waals surface area contributed by atoms with E-state index in [1.165, 1.54) is 37.2 Å². The fourth-order valence-electron chi connectivity index (χ4n) is 3.37. The van der Waals surface area contributed by atoms with Gasteiger partial charge in [0.05, 0.1) is 17.0 Å². The lowest BCUT2D eigenvalue weighted by Crippen LogP contribution is -2.35. The summed E-state index contributed by atoms with van der Waals surface area (Å²) in [6.45, 7) is 6.18. The molecule has 3 amide bonds. The Morgan fingerprint density at radius 1 is 0.949 bits per heavy atom. The van der Waals surface area contributed by atoms with Crippen LogP contribution < -0.4 is 15.1 Å². The van der Waals surface area contributed by atoms with Crippen LogP contribution in [0.15, 0.2) is 42.5 Å². The standard InChI is InChI=1S/C27H37N5O7/c1-27(2,3)39-26(35)31(7)23-17-22(32(36)37)13-10-20(23)18-38-25(34)30(6)21-11-8-19(9-12-21)16-24(33)28-14-15-29(4)5/h8-13,17H,14-16,18H2,1-7H3,(H,28,33). The first-order chi connectivity index (χ1) is 18.2. The number of benzene rings is 2. The maximum atomic E-state index is 12.8. The molecule has 0 heterocycles. The molecular weight excluding hydrogens is 506 g/mol. The van der Waals surface area contributed by atoms with Crippen LogP contribution in [0.1, 0.15) is 31.9 Å². The van der Waals surface area contributed by atoms with Crippen molar-refractivity contribution < 1.29 is 28.8 Å². The number of anilines is 2. The van der Waals surface area contributed by atoms with Crippen LogP contribution in [0.2, 0.25) is 0 Å². The van der Waals surface area contributed by atoms with Gasteiger partial charge in [0.15, 0.2) is 0 Å². The number of nitrogens with one attached hydrogen (secondary N) is 1. The summed E-state index contributed by atoms with van der Waals surface area (Å²) in [6.07, 6.45) is -1.16. The molecule has 2 aromatic rings. The van der Waals surface area contributed by atoms with Crippen LogP contribution in [0.5, 0.6) is 0 Å². The Bertz CT molecular complexity index is 1180. The third-order valence-electron chi connectivity index (χ3n) is 5.50. The molecule has 0 unspecified atom stereocenters. The number of hydrogen-bond donors (Lipinski definition) is 1. The predicted octanol–water partition coefficient (Wildman–Crippen LogP) is 3.96. The van der Waals surface area contributed by atoms with Gasteiger partial charge in [0, 0.05) is 50.6 Å². The van der Waals surface area contributed by atoms with Crippen LogP contribution in [0, 0.1) is 10.1 Å². The average molecular weight is 544 g/mol. The van der Waals surface area contributed by atoms with Crippen molar-refractivity contribution in [3.63, 3.8) is 0 Å². The number of likely N-dealkylation sites (N-methyl/N-ethyl adjacent to an activating group) is 1. The first-order valence-electron chi connectivity index (χ1n) is 12.3. The minimum Gasteiger partial charge on any atom is -0.444 e. The minimum absolute atomic E-state index is 0.0902. The Morgan fingerprint density at radius 2 is 1.59 bits per heavy atom. The van der Waals surface area contributed by atoms with Gasteiger partial charge in [0.25, 0.3) is 5.69 Å². The lowest BCUT2D eigenvalue weighted by molar-refractivity contribution is -0.384. The zero-order chi connectivity index (χ0) is 29.3. The van der Waals surface area contributed by atoms with Crippen molar-refractivity contribution >= 4 is 35.2 Å². The molecule has 0 fully saturated rings. The van der Waals surface area contributed by atoms with Gasteiger partial charge in [-0.1, -0.05) is 12.1 Å². The Kier molecular flexibility index (Phi) is 10.8. The van der Waals surface area contributed by atoms with Crippen LogP contribution in [-0.4, -0.2) is 74.8 Å². The second kappa shape index (κ2) is 13.6. The zero-order valence-electron chi connectivity index (χ0n) is 23.5. The molecule has 0 aliphatic heterocycles. The number of non-ortho nitro benzene ring substituents is 1. The number of carbonyl (C=O) groups is 3. The highest BCUT2D eigenvalue weighted by Crippen LogP contribution is 2.28. The molecule has 12 nitrogen and oxygen atoms in total. The van der Waals surface area contributed by atoms with Crippen LogP contribution in [0.3, 0.4) is 0 Å². The number of rotatable bonds is 10. The summed E-state index contributed by atoms with van der Waals surface area (Å²) in [7, 11) is 6.82. The van der Waals surface area contributed by atoms with Crippen LogP contribution in [0.25, 0.3) is 0 Å². The van der Waals surface area contributed by atoms with Gasteiger partial charge in [-0.25, -0.2) is 9.59 Å². The molecule has 0 saturated heterocycles. The summed E-state index contributed by atoms with van der Waals surface area (Å²) >= 11 is 0. The van der Waals surface area contributed by atoms with Gasteiger partial charge in [-0.2, -0.15) is 0 Å². The van der Waals surface area contributed by atoms with E-state index in [1.807, 2.05) is 19.0 Å². The molecule has 0 aliphatic carbocycles. The third kappa shape index (κ3) is 9.89. The monoisotopic (exact) mass is 543 g/mol. The largest absolute Gasteiger partial charge is 0.444 e. The summed E-state index contributed by atoms with van der Waals surface area (Å²) < 4.78 is 10.8. The Balaban J connectivity index is 2.07. The summed E-state index contributed by atoms with van der Waals surface area (Å²) in [5.41, 5.74) is 0.912. The molecule has 0 saturated carbocycles. The van der Waals surface area contributed by atoms with Crippen LogP contribution in [0.4, 0.5) is 26.7 Å². The maximum Gasteiger partial charge on any atom is 0.414 e. The Labute approximate surface area is 228 Å². The van der Waals surface area contributed by atoms with Gasteiger partial charge in [-0.15, -0.1) is 0 Å². The van der Waals surface area contributed by atoms with E-state index in [0.717, 1.165) is 17.0 Å². The van der Waals surface area contributed by atoms with Crippen molar-refractivity contribution in [1.29, 1.82) is 0 Å². The van der Waals surface area contributed by atoms with Crippen molar-refractivity contribution in [2.45, 2.75) is 39.4 Å². The molecule has 212 valence electrons. The Morgan fingerprint density at radius 3 is 2.15 bits per heavy atom. The number of carbonyl (C=O) groups excluding carboxylic acids is 3. The van der Waals surface area contributed by atoms with Gasteiger partial charge in [-0.3, -0.25) is 24.7 Å². The SMILES string of the molecule is CN(C)CCNC(=O)Cc1ccc(N(C)C(=O)OCc2ccc([N+](=O)[O-])cc2N(C)C(=O)OC(C)(C)C)cc1. The Hall–Kier alpha value is -4.19. The maximum absolute atomic E-state index is 12.8. The number of ether oxygens (including phenoxy) is 2. The molecule has 0 spiro atoms. The van der Waals surface area contributed by atoms with E-state index >= 15 is 0 Å². The summed E-state index contributed by atoms with van der Waals surface area (Å²) in [5.74, 6) is -0.0902. The fraction of sp³-hybridized carbons (Fsp3) is 0.444. The van der Waals surface area contributed by atoms with Crippen molar-refractivity contribution in [2.24, 2.45) is 0 Å². The average Bonchev–Trinajstić information content (AvgIpc) is 2.85. The van der Waals surface area contributed by atoms with Crippen molar-refractivity contribution in [1.82, 2.24) is 10.2 Å². The fourth-order valence-corrected chi connectivity index (χ4v) is 3.37. The van der Waals surface area contributed by atoms with E-state index in [9.17, 15) is 24.5 Å². The third-order valence-corrected chi connectivity index (χ3v) is 5.50. The molecular formula is C27H37N5O7. The number of nitro benzene ring substituents is 1. The number of nitro groups is 1. The molecule has 2 aromatic carbocycles. The molecule has 0 aliphatic rings. The van der Waals surface area contributed by atoms with Crippen molar-refractivity contribution in [2.75, 3.05) is 51.1 Å². The first-order valence-corrected chi connectivity index (χ1v) is 12.3. The quantitative estimate of drug-likeness (QED) is 0.352. The smallest absolute Gasteiger partial charge is 0.414 e. The van der Waals surface area contributed by atoms with E-state index in [4.69, 9.17) is 9.47 Å². The van der Waals surface area contributed by atoms with Gasteiger partial charge in [-0.05, 0) is 58.6 Å². The molecule has 12 heteroatoms. The van der Waals surface area contributed by atoms with Gasteiger partial charge >= 0.3 is 12.2 Å². The second-order valence-electron chi connectivity index (χ2n) is 10.2. The predicted molar refractivity (Wildman–Crippen MR) is 148 cm³/mol. The van der Waals surface area contributed by atoms with E-state index in [2.05, 4.69) is 5.32 Å². The molecule has 0 aromatic heterocycles. The van der Waals surface area contributed by atoms with Gasteiger partial charge in [0.2, 0.25) is 5.91 Å². The molecule has 1 N–H and O–H groups in total. The second-order valence-corrected chi connectivity index (χ2v) is 10.2. The molecule has 0 bridgehead atoms. The number of hydrogen-bond acceptors (Lipinski definition) is 8. The first kappa shape index (κ1) is 31.0. The minimum atomic E-state index is -0.771. The highest BCUT2D eigenvalue weighted by molar-refractivity contribution is 5.89. The highest BCUT2D eigenvalue weighted by Gasteiger charge is 2.24. The molecule has 39 heavy (non-hydrogen) atoms. The van der Waals surface area contributed by atoms with Gasteiger partial charge < -0.3 is 19.7 Å². The summed E-state index contributed by atoms with van der Waals surface area (Å²) in [5, 5.41) is 14.2. The summed E-state index contributed by atoms with van der Waals surface area (Å²) in [6, 6.07) is 10.9. The molecule has 0 radical (unpaired) electrons. The summed E-state index contributed by atoms with van der Waals surface area (Å²) in [4.78, 5) is 52.6. The van der Waals surface area contributed by atoms with E-state index < -0.39 is 22.7 Å². The number of nitrogens with zero attached hydrogens (tertiary/aromatic N) is 4. The van der Waals surface area contributed by atoms with E-state index in [-0.39, 0.29) is 30.3 Å². The van der Waals surface area contributed by atoms with Crippen LogP contribution >= 0.6 is 0 Å². The van der Waals surface area contributed by atoms with Crippen LogP contribution in [-0.2, 0) is 27.3 Å². The highest BCUT2D eigenvalue weighted by atomic mass is 16.6. The van der Waals surface area contributed by atoms with Crippen molar-refractivity contribution in [3.05, 3.63) is 63.7 Å². The van der Waals surface area contributed by atoms with E-state index in [0.29, 0.717) is 17.8 Å². The number of amides is 3.